The Morgan fingerprint density at radius 2 is 1.86 bits per heavy atom. The smallest absolute Gasteiger partial charge is 0.187 e. The van der Waals surface area contributed by atoms with Crippen LogP contribution < -0.4 is 4.57 Å². The van der Waals surface area contributed by atoms with Gasteiger partial charge in [0.05, 0.1) is 18.0 Å². The van der Waals surface area contributed by atoms with Gasteiger partial charge < -0.3 is 0 Å². The van der Waals surface area contributed by atoms with Crippen LogP contribution in [0.3, 0.4) is 0 Å². The fraction of sp³-hybridized carbons (Fsp3) is 0.0909. The zero-order valence-electron chi connectivity index (χ0n) is 7.60. The lowest BCUT2D eigenvalue weighted by molar-refractivity contribution is -0.689. The maximum atomic E-state index is 13.2. The van der Waals surface area contributed by atoms with E-state index < -0.39 is 0 Å². The molecular formula is C11H10FN2+. The highest BCUT2D eigenvalue weighted by Gasteiger charge is 2.05. The molecule has 0 saturated carbocycles. The van der Waals surface area contributed by atoms with Crippen LogP contribution in [0.15, 0.2) is 49.1 Å². The highest BCUT2D eigenvalue weighted by molar-refractivity contribution is 5.15. The van der Waals surface area contributed by atoms with Crippen molar-refractivity contribution in [2.75, 3.05) is 0 Å². The molecule has 2 nitrogen and oxygen atoms in total. The molecule has 0 fully saturated rings. The minimum Gasteiger partial charge on any atom is -0.252 e. The van der Waals surface area contributed by atoms with Crippen molar-refractivity contribution in [2.45, 2.75) is 6.54 Å². The molecule has 0 N–H and O–H groups in total. The number of hydrogen-bond acceptors (Lipinski definition) is 1. The zero-order chi connectivity index (χ0) is 9.80. The molecule has 0 bridgehead atoms. The number of benzene rings is 1. The number of hydrogen-bond donors (Lipinski definition) is 0. The summed E-state index contributed by atoms with van der Waals surface area (Å²) in [5.41, 5.74) is 0.684. The molecular weight excluding hydrogens is 179 g/mol. The minimum absolute atomic E-state index is 0.170. The molecule has 70 valence electrons. The second-order valence-corrected chi connectivity index (χ2v) is 3.01. The van der Waals surface area contributed by atoms with Gasteiger partial charge in [0.25, 0.3) is 0 Å². The molecule has 0 saturated heterocycles. The van der Waals surface area contributed by atoms with E-state index in [4.69, 9.17) is 0 Å². The molecule has 2 aromatic rings. The van der Waals surface area contributed by atoms with E-state index in [1.807, 2.05) is 23.0 Å². The van der Waals surface area contributed by atoms with Gasteiger partial charge in [-0.05, 0) is 12.1 Å². The van der Waals surface area contributed by atoms with Crippen LogP contribution in [0.1, 0.15) is 5.56 Å². The van der Waals surface area contributed by atoms with E-state index in [-0.39, 0.29) is 5.82 Å². The molecule has 0 aliphatic carbocycles. The SMILES string of the molecule is Fc1ccccc1C[n+]1ccncc1. The first-order chi connectivity index (χ1) is 6.86. The summed E-state index contributed by atoms with van der Waals surface area (Å²) in [5, 5.41) is 0. The quantitative estimate of drug-likeness (QED) is 0.655. The van der Waals surface area contributed by atoms with Gasteiger partial charge in [-0.3, -0.25) is 4.98 Å². The zero-order valence-corrected chi connectivity index (χ0v) is 7.60. The first-order valence-corrected chi connectivity index (χ1v) is 4.39. The molecule has 0 aliphatic heterocycles. The summed E-state index contributed by atoms with van der Waals surface area (Å²) >= 11 is 0. The Morgan fingerprint density at radius 1 is 1.14 bits per heavy atom. The molecule has 1 aromatic carbocycles. The summed E-state index contributed by atoms with van der Waals surface area (Å²) in [6, 6.07) is 6.77. The van der Waals surface area contributed by atoms with Gasteiger partial charge in [0.15, 0.2) is 18.9 Å². The molecule has 0 spiro atoms. The van der Waals surface area contributed by atoms with Crippen molar-refractivity contribution in [1.82, 2.24) is 4.98 Å². The fourth-order valence-corrected chi connectivity index (χ4v) is 1.28. The lowest BCUT2D eigenvalue weighted by Crippen LogP contribution is -2.33. The lowest BCUT2D eigenvalue weighted by Gasteiger charge is -1.98. The molecule has 1 heterocycles. The van der Waals surface area contributed by atoms with Crippen LogP contribution in [0.5, 0.6) is 0 Å². The Balaban J connectivity index is 2.24. The van der Waals surface area contributed by atoms with Crippen LogP contribution in [0.2, 0.25) is 0 Å². The first-order valence-electron chi connectivity index (χ1n) is 4.39. The largest absolute Gasteiger partial charge is 0.252 e. The van der Waals surface area contributed by atoms with Gasteiger partial charge in [0.1, 0.15) is 5.82 Å². The third-order valence-electron chi connectivity index (χ3n) is 2.00. The normalized spacial score (nSPS) is 10.1. The number of halogens is 1. The maximum Gasteiger partial charge on any atom is 0.187 e. The Labute approximate surface area is 81.7 Å². The van der Waals surface area contributed by atoms with E-state index in [1.54, 1.807) is 24.5 Å². The monoisotopic (exact) mass is 189 g/mol. The second-order valence-electron chi connectivity index (χ2n) is 3.01. The summed E-state index contributed by atoms with van der Waals surface area (Å²) in [6.07, 6.45) is 6.99. The molecule has 14 heavy (non-hydrogen) atoms. The maximum absolute atomic E-state index is 13.2. The van der Waals surface area contributed by atoms with E-state index in [0.717, 1.165) is 0 Å². The van der Waals surface area contributed by atoms with Crippen molar-refractivity contribution in [3.63, 3.8) is 0 Å². The van der Waals surface area contributed by atoms with Gasteiger partial charge in [0.2, 0.25) is 0 Å². The van der Waals surface area contributed by atoms with Crippen LogP contribution in [0.4, 0.5) is 4.39 Å². The van der Waals surface area contributed by atoms with Crippen molar-refractivity contribution in [2.24, 2.45) is 0 Å². The first kappa shape index (κ1) is 8.81. The van der Waals surface area contributed by atoms with E-state index in [1.165, 1.54) is 6.07 Å². The summed E-state index contributed by atoms with van der Waals surface area (Å²) in [5.74, 6) is -0.170. The van der Waals surface area contributed by atoms with Crippen molar-refractivity contribution >= 4 is 0 Å². The Morgan fingerprint density at radius 3 is 2.57 bits per heavy atom. The number of aromatic nitrogens is 2. The van der Waals surface area contributed by atoms with Crippen molar-refractivity contribution in [1.29, 1.82) is 0 Å². The van der Waals surface area contributed by atoms with Crippen LogP contribution in [-0.4, -0.2) is 4.98 Å². The molecule has 3 heteroatoms. The van der Waals surface area contributed by atoms with Gasteiger partial charge >= 0.3 is 0 Å². The van der Waals surface area contributed by atoms with Crippen molar-refractivity contribution in [3.8, 4) is 0 Å². The van der Waals surface area contributed by atoms with Crippen LogP contribution in [-0.2, 0) is 6.54 Å². The van der Waals surface area contributed by atoms with Crippen LogP contribution >= 0.6 is 0 Å². The Bertz CT molecular complexity index is 415. The summed E-state index contributed by atoms with van der Waals surface area (Å²) < 4.78 is 15.1. The molecule has 0 amide bonds. The third-order valence-corrected chi connectivity index (χ3v) is 2.00. The predicted octanol–water partition coefficient (Wildman–Crippen LogP) is 1.56. The number of nitrogens with zero attached hydrogens (tertiary/aromatic N) is 2. The lowest BCUT2D eigenvalue weighted by atomic mass is 10.2. The van der Waals surface area contributed by atoms with Crippen molar-refractivity contribution < 1.29 is 8.96 Å². The summed E-state index contributed by atoms with van der Waals surface area (Å²) in [7, 11) is 0. The highest BCUT2D eigenvalue weighted by Crippen LogP contribution is 2.04. The van der Waals surface area contributed by atoms with Gasteiger partial charge in [-0.15, -0.1) is 0 Å². The van der Waals surface area contributed by atoms with E-state index >= 15 is 0 Å². The molecule has 1 aromatic heterocycles. The molecule has 0 radical (unpaired) electrons. The topological polar surface area (TPSA) is 16.8 Å². The molecule has 2 rings (SSSR count). The Hall–Kier alpha value is -1.77. The summed E-state index contributed by atoms with van der Waals surface area (Å²) in [4.78, 5) is 3.89. The van der Waals surface area contributed by atoms with E-state index in [9.17, 15) is 4.39 Å². The van der Waals surface area contributed by atoms with Gasteiger partial charge in [-0.1, -0.05) is 12.1 Å². The van der Waals surface area contributed by atoms with E-state index in [0.29, 0.717) is 12.1 Å². The third kappa shape index (κ3) is 1.93. The highest BCUT2D eigenvalue weighted by atomic mass is 19.1. The average molecular weight is 189 g/mol. The molecule has 0 aliphatic rings. The van der Waals surface area contributed by atoms with Gasteiger partial charge in [-0.2, -0.15) is 4.57 Å². The molecule has 0 atom stereocenters. The summed E-state index contributed by atoms with van der Waals surface area (Å²) in [6.45, 7) is 0.537. The predicted molar refractivity (Wildman–Crippen MR) is 49.9 cm³/mol. The van der Waals surface area contributed by atoms with Crippen molar-refractivity contribution in [3.05, 3.63) is 60.4 Å². The van der Waals surface area contributed by atoms with Crippen LogP contribution in [0, 0.1) is 5.82 Å². The minimum atomic E-state index is -0.170. The fourth-order valence-electron chi connectivity index (χ4n) is 1.28. The van der Waals surface area contributed by atoms with Crippen LogP contribution in [0.25, 0.3) is 0 Å². The Kier molecular flexibility index (Phi) is 2.49. The molecule has 0 unspecified atom stereocenters. The second kappa shape index (κ2) is 3.96. The standard InChI is InChI=1S/C11H10FN2/c12-11-4-2-1-3-10(11)9-14-7-5-13-6-8-14/h1-8H,9H2/q+1. The van der Waals surface area contributed by atoms with E-state index in [2.05, 4.69) is 4.98 Å². The number of rotatable bonds is 2. The van der Waals surface area contributed by atoms with Gasteiger partial charge in [-0.25, -0.2) is 4.39 Å². The van der Waals surface area contributed by atoms with Gasteiger partial charge in [0, 0.05) is 0 Å². The average Bonchev–Trinajstić information content (AvgIpc) is 2.23.